The van der Waals surface area contributed by atoms with Crippen molar-refractivity contribution in [2.45, 2.75) is 6.42 Å². The number of hydrogen-bond donors (Lipinski definition) is 2. The fourth-order valence-corrected chi connectivity index (χ4v) is 2.92. The molecule has 0 bridgehead atoms. The van der Waals surface area contributed by atoms with E-state index in [9.17, 15) is 9.18 Å². The van der Waals surface area contributed by atoms with Crippen molar-refractivity contribution in [3.63, 3.8) is 0 Å². The molecule has 1 saturated heterocycles. The van der Waals surface area contributed by atoms with Crippen LogP contribution in [0.15, 0.2) is 18.2 Å². The summed E-state index contributed by atoms with van der Waals surface area (Å²) < 4.78 is 12.9. The molecule has 0 unspecified atom stereocenters. The number of rotatable bonds is 3. The topological polar surface area (TPSA) is 58.4 Å². The number of benzene rings is 1. The molecular weight excluding hydrogens is 265 g/mol. The predicted molar refractivity (Wildman–Crippen MR) is 77.8 cm³/mol. The van der Waals surface area contributed by atoms with Gasteiger partial charge in [0.15, 0.2) is 0 Å². The van der Waals surface area contributed by atoms with Gasteiger partial charge in [-0.1, -0.05) is 0 Å². The maximum Gasteiger partial charge on any atom is 0.238 e. The Morgan fingerprint density at radius 2 is 2.26 bits per heavy atom. The van der Waals surface area contributed by atoms with E-state index in [4.69, 9.17) is 5.73 Å². The van der Waals surface area contributed by atoms with Crippen LogP contribution in [0.2, 0.25) is 0 Å². The van der Waals surface area contributed by atoms with Crippen LogP contribution in [0.5, 0.6) is 0 Å². The summed E-state index contributed by atoms with van der Waals surface area (Å²) in [6.45, 7) is 2.23. The maximum absolute atomic E-state index is 12.9. The molecule has 1 fully saturated rings. The third-order valence-electron chi connectivity index (χ3n) is 2.97. The molecule has 1 amide bonds. The lowest BCUT2D eigenvalue weighted by atomic mass is 10.2. The smallest absolute Gasteiger partial charge is 0.238 e. The normalized spacial score (nSPS) is 16.9. The molecule has 1 heterocycles. The highest BCUT2D eigenvalue weighted by Crippen LogP contribution is 2.19. The van der Waals surface area contributed by atoms with Gasteiger partial charge in [-0.05, 0) is 36.9 Å². The number of nitrogens with zero attached hydrogens (tertiary/aromatic N) is 1. The first-order chi connectivity index (χ1) is 9.15. The number of nitrogens with two attached hydrogens (primary N) is 1. The number of anilines is 2. The fourth-order valence-electron chi connectivity index (χ4n) is 2.00. The molecule has 4 nitrogen and oxygen atoms in total. The molecule has 0 aliphatic carbocycles. The first-order valence-corrected chi connectivity index (χ1v) is 7.45. The number of nitrogens with one attached hydrogen (secondary N) is 1. The van der Waals surface area contributed by atoms with Gasteiger partial charge in [-0.25, -0.2) is 4.39 Å². The molecule has 0 saturated carbocycles. The quantitative estimate of drug-likeness (QED) is 0.830. The van der Waals surface area contributed by atoms with Crippen molar-refractivity contribution in [1.82, 2.24) is 4.90 Å². The summed E-state index contributed by atoms with van der Waals surface area (Å²) in [6.07, 6.45) is 1.11. The third kappa shape index (κ3) is 4.40. The number of carbonyl (C=O) groups is 1. The Bertz CT molecular complexity index is 448. The molecule has 2 rings (SSSR count). The fraction of sp³-hybridized carbons (Fsp3) is 0.462. The van der Waals surface area contributed by atoms with Gasteiger partial charge in [0.1, 0.15) is 5.82 Å². The van der Waals surface area contributed by atoms with E-state index in [2.05, 4.69) is 10.2 Å². The molecule has 0 spiro atoms. The Kier molecular flexibility index (Phi) is 5.04. The van der Waals surface area contributed by atoms with Gasteiger partial charge in [-0.3, -0.25) is 9.69 Å². The van der Waals surface area contributed by atoms with Crippen molar-refractivity contribution in [2.75, 3.05) is 42.2 Å². The summed E-state index contributed by atoms with van der Waals surface area (Å²) in [7, 11) is 0. The molecule has 3 N–H and O–H groups in total. The summed E-state index contributed by atoms with van der Waals surface area (Å²) in [4.78, 5) is 14.1. The number of hydrogen-bond acceptors (Lipinski definition) is 4. The number of carbonyl (C=O) groups excluding carboxylic acids is 1. The van der Waals surface area contributed by atoms with Crippen LogP contribution in [0.25, 0.3) is 0 Å². The monoisotopic (exact) mass is 283 g/mol. The summed E-state index contributed by atoms with van der Waals surface area (Å²) in [5, 5.41) is 2.73. The highest BCUT2D eigenvalue weighted by atomic mass is 32.2. The summed E-state index contributed by atoms with van der Waals surface area (Å²) in [6, 6.07) is 3.98. The molecule has 0 radical (unpaired) electrons. The van der Waals surface area contributed by atoms with Crippen LogP contribution in [0.4, 0.5) is 15.8 Å². The van der Waals surface area contributed by atoms with Crippen LogP contribution >= 0.6 is 11.8 Å². The minimum Gasteiger partial charge on any atom is -0.397 e. The molecule has 19 heavy (non-hydrogen) atoms. The average molecular weight is 283 g/mol. The van der Waals surface area contributed by atoms with Crippen molar-refractivity contribution >= 4 is 29.0 Å². The Hall–Kier alpha value is -1.27. The van der Waals surface area contributed by atoms with Crippen LogP contribution in [-0.4, -0.2) is 41.9 Å². The third-order valence-corrected chi connectivity index (χ3v) is 4.02. The van der Waals surface area contributed by atoms with Crippen molar-refractivity contribution in [2.24, 2.45) is 0 Å². The van der Waals surface area contributed by atoms with E-state index >= 15 is 0 Å². The van der Waals surface area contributed by atoms with Gasteiger partial charge in [0.25, 0.3) is 0 Å². The average Bonchev–Trinajstić information content (AvgIpc) is 2.61. The summed E-state index contributed by atoms with van der Waals surface area (Å²) in [5.74, 6) is 1.71. The van der Waals surface area contributed by atoms with E-state index in [0.29, 0.717) is 12.2 Å². The second kappa shape index (κ2) is 6.77. The van der Waals surface area contributed by atoms with Crippen molar-refractivity contribution in [3.8, 4) is 0 Å². The molecule has 0 aromatic heterocycles. The first-order valence-electron chi connectivity index (χ1n) is 6.30. The lowest BCUT2D eigenvalue weighted by molar-refractivity contribution is -0.117. The zero-order valence-corrected chi connectivity index (χ0v) is 11.5. The molecule has 1 aromatic carbocycles. The number of halogens is 1. The molecule has 6 heteroatoms. The van der Waals surface area contributed by atoms with E-state index in [1.165, 1.54) is 18.2 Å². The van der Waals surface area contributed by atoms with Crippen LogP contribution in [0.3, 0.4) is 0 Å². The van der Waals surface area contributed by atoms with E-state index in [-0.39, 0.29) is 11.6 Å². The Morgan fingerprint density at radius 3 is 3.05 bits per heavy atom. The lowest BCUT2D eigenvalue weighted by Gasteiger charge is -2.19. The lowest BCUT2D eigenvalue weighted by Crippen LogP contribution is -2.34. The van der Waals surface area contributed by atoms with Crippen LogP contribution in [-0.2, 0) is 4.79 Å². The SMILES string of the molecule is Nc1cc(F)ccc1NC(=O)CN1CCCSCC1. The zero-order valence-electron chi connectivity index (χ0n) is 10.7. The Labute approximate surface area is 116 Å². The van der Waals surface area contributed by atoms with Gasteiger partial charge < -0.3 is 11.1 Å². The van der Waals surface area contributed by atoms with E-state index in [1.807, 2.05) is 11.8 Å². The van der Waals surface area contributed by atoms with Crippen LogP contribution in [0, 0.1) is 5.82 Å². The van der Waals surface area contributed by atoms with Gasteiger partial charge in [0, 0.05) is 12.3 Å². The molecular formula is C13H18FN3OS. The zero-order chi connectivity index (χ0) is 13.7. The van der Waals surface area contributed by atoms with Crippen LogP contribution < -0.4 is 11.1 Å². The van der Waals surface area contributed by atoms with Gasteiger partial charge in [0.2, 0.25) is 5.91 Å². The Morgan fingerprint density at radius 1 is 1.42 bits per heavy atom. The highest BCUT2D eigenvalue weighted by Gasteiger charge is 2.14. The largest absolute Gasteiger partial charge is 0.397 e. The molecule has 104 valence electrons. The molecule has 0 atom stereocenters. The number of thioether (sulfide) groups is 1. The second-order valence-corrected chi connectivity index (χ2v) is 5.75. The van der Waals surface area contributed by atoms with Gasteiger partial charge in [0.05, 0.1) is 17.9 Å². The van der Waals surface area contributed by atoms with Crippen LogP contribution in [0.1, 0.15) is 6.42 Å². The minimum atomic E-state index is -0.403. The number of nitrogen functional groups attached to an aromatic ring is 1. The number of amides is 1. The van der Waals surface area contributed by atoms with Crippen molar-refractivity contribution < 1.29 is 9.18 Å². The van der Waals surface area contributed by atoms with E-state index in [1.54, 1.807) is 0 Å². The summed E-state index contributed by atoms with van der Waals surface area (Å²) in [5.41, 5.74) is 6.37. The Balaban J connectivity index is 1.89. The summed E-state index contributed by atoms with van der Waals surface area (Å²) >= 11 is 1.92. The van der Waals surface area contributed by atoms with E-state index in [0.717, 1.165) is 31.0 Å². The molecule has 1 aliphatic rings. The van der Waals surface area contributed by atoms with Crippen molar-refractivity contribution in [3.05, 3.63) is 24.0 Å². The standard InChI is InChI=1S/C13H18FN3OS/c14-10-2-3-12(11(15)8-10)16-13(18)9-17-4-1-6-19-7-5-17/h2-3,8H,1,4-7,9,15H2,(H,16,18). The maximum atomic E-state index is 12.9. The minimum absolute atomic E-state index is 0.106. The predicted octanol–water partition coefficient (Wildman–Crippen LogP) is 1.79. The van der Waals surface area contributed by atoms with Gasteiger partial charge >= 0.3 is 0 Å². The molecule has 1 aliphatic heterocycles. The first kappa shape index (κ1) is 14.1. The van der Waals surface area contributed by atoms with Gasteiger partial charge in [-0.15, -0.1) is 0 Å². The van der Waals surface area contributed by atoms with E-state index < -0.39 is 5.82 Å². The highest BCUT2D eigenvalue weighted by molar-refractivity contribution is 7.99. The molecule has 1 aromatic rings. The van der Waals surface area contributed by atoms with Gasteiger partial charge in [-0.2, -0.15) is 11.8 Å². The van der Waals surface area contributed by atoms with Crippen molar-refractivity contribution in [1.29, 1.82) is 0 Å². The second-order valence-electron chi connectivity index (χ2n) is 4.52.